The third-order valence-corrected chi connectivity index (χ3v) is 2.43. The highest BCUT2D eigenvalue weighted by atomic mass is 16.5. The Balaban J connectivity index is 2.12. The van der Waals surface area contributed by atoms with Crippen LogP contribution in [0.5, 0.6) is 0 Å². The fraction of sp³-hybridized carbons (Fsp3) is 0.667. The van der Waals surface area contributed by atoms with Gasteiger partial charge in [0.2, 0.25) is 0 Å². The molecule has 1 aliphatic rings. The van der Waals surface area contributed by atoms with Crippen molar-refractivity contribution in [2.75, 3.05) is 13.2 Å². The molecule has 0 heterocycles. The van der Waals surface area contributed by atoms with E-state index in [1.807, 2.05) is 0 Å². The number of rotatable bonds is 4. The third kappa shape index (κ3) is 3.83. The van der Waals surface area contributed by atoms with Gasteiger partial charge in [-0.1, -0.05) is 11.8 Å². The Morgan fingerprint density at radius 2 is 1.21 bits per heavy atom. The van der Waals surface area contributed by atoms with Crippen LogP contribution in [0.3, 0.4) is 0 Å². The molecule has 0 N–H and O–H groups in total. The molecule has 76 valence electrons. The van der Waals surface area contributed by atoms with Gasteiger partial charge in [-0.05, 0) is 25.7 Å². The van der Waals surface area contributed by atoms with Gasteiger partial charge >= 0.3 is 0 Å². The second-order valence-corrected chi connectivity index (χ2v) is 3.43. The highest BCUT2D eigenvalue weighted by Gasteiger charge is 2.21. The second-order valence-electron chi connectivity index (χ2n) is 3.43. The smallest absolute Gasteiger partial charge is 0.107 e. The number of terminal acetylenes is 2. The van der Waals surface area contributed by atoms with Crippen molar-refractivity contribution in [3.05, 3.63) is 0 Å². The van der Waals surface area contributed by atoms with Crippen LogP contribution in [-0.2, 0) is 9.47 Å². The maximum atomic E-state index is 5.45. The maximum absolute atomic E-state index is 5.45. The molecule has 1 aliphatic carbocycles. The van der Waals surface area contributed by atoms with Gasteiger partial charge < -0.3 is 9.47 Å². The number of ether oxygens (including phenoxy) is 2. The lowest BCUT2D eigenvalue weighted by molar-refractivity contribution is -0.0136. The average Bonchev–Trinajstić information content (AvgIpc) is 2.25. The fourth-order valence-electron chi connectivity index (χ4n) is 1.70. The van der Waals surface area contributed by atoms with Gasteiger partial charge in [0.1, 0.15) is 13.2 Å². The summed E-state index contributed by atoms with van der Waals surface area (Å²) >= 11 is 0. The fourth-order valence-corrected chi connectivity index (χ4v) is 1.70. The summed E-state index contributed by atoms with van der Waals surface area (Å²) in [6.07, 6.45) is 15.0. The number of hydrogen-bond acceptors (Lipinski definition) is 2. The predicted molar refractivity (Wildman–Crippen MR) is 55.6 cm³/mol. The van der Waals surface area contributed by atoms with Crippen molar-refractivity contribution in [2.45, 2.75) is 37.9 Å². The summed E-state index contributed by atoms with van der Waals surface area (Å²) in [4.78, 5) is 0. The molecule has 0 atom stereocenters. The van der Waals surface area contributed by atoms with Crippen molar-refractivity contribution >= 4 is 0 Å². The average molecular weight is 192 g/mol. The highest BCUT2D eigenvalue weighted by Crippen LogP contribution is 2.23. The molecular formula is C12H16O2. The molecule has 0 aromatic carbocycles. The molecule has 0 bridgehead atoms. The standard InChI is InChI=1S/C12H16O2/c1-3-9-13-11-5-7-12(8-6-11)14-10-4-2/h1-2,11-12H,5-10H2. The van der Waals surface area contributed by atoms with E-state index in [2.05, 4.69) is 11.8 Å². The Bertz CT molecular complexity index is 200. The molecular weight excluding hydrogens is 176 g/mol. The Morgan fingerprint density at radius 3 is 1.50 bits per heavy atom. The van der Waals surface area contributed by atoms with Gasteiger partial charge in [-0.3, -0.25) is 0 Å². The molecule has 0 unspecified atom stereocenters. The zero-order valence-electron chi connectivity index (χ0n) is 8.37. The zero-order valence-corrected chi connectivity index (χ0v) is 8.37. The summed E-state index contributed by atoms with van der Waals surface area (Å²) in [5.41, 5.74) is 0. The summed E-state index contributed by atoms with van der Waals surface area (Å²) in [7, 11) is 0. The van der Waals surface area contributed by atoms with Gasteiger partial charge in [0.15, 0.2) is 0 Å². The summed E-state index contributed by atoms with van der Waals surface area (Å²) in [5.74, 6) is 4.96. The summed E-state index contributed by atoms with van der Waals surface area (Å²) in [6.45, 7) is 0.834. The lowest BCUT2D eigenvalue weighted by Crippen LogP contribution is -2.26. The minimum absolute atomic E-state index is 0.316. The van der Waals surface area contributed by atoms with Gasteiger partial charge in [-0.15, -0.1) is 12.8 Å². The quantitative estimate of drug-likeness (QED) is 0.630. The van der Waals surface area contributed by atoms with Gasteiger partial charge in [0.05, 0.1) is 12.2 Å². The van der Waals surface area contributed by atoms with Gasteiger partial charge in [-0.2, -0.15) is 0 Å². The monoisotopic (exact) mass is 192 g/mol. The van der Waals surface area contributed by atoms with Crippen LogP contribution in [0, 0.1) is 24.7 Å². The van der Waals surface area contributed by atoms with Crippen molar-refractivity contribution in [1.29, 1.82) is 0 Å². The lowest BCUT2D eigenvalue weighted by atomic mass is 9.95. The SMILES string of the molecule is C#CCOC1CCC(OCC#C)CC1. The van der Waals surface area contributed by atoms with Crippen molar-refractivity contribution in [1.82, 2.24) is 0 Å². The second kappa shape index (κ2) is 6.49. The van der Waals surface area contributed by atoms with Crippen LogP contribution in [0.2, 0.25) is 0 Å². The molecule has 0 saturated heterocycles. The van der Waals surface area contributed by atoms with E-state index in [0.717, 1.165) is 25.7 Å². The predicted octanol–water partition coefficient (Wildman–Crippen LogP) is 1.60. The Labute approximate surface area is 86.0 Å². The largest absolute Gasteiger partial charge is 0.366 e. The lowest BCUT2D eigenvalue weighted by Gasteiger charge is -2.27. The minimum atomic E-state index is 0.316. The van der Waals surface area contributed by atoms with Crippen LogP contribution in [0.25, 0.3) is 0 Å². The van der Waals surface area contributed by atoms with E-state index in [4.69, 9.17) is 22.3 Å². The van der Waals surface area contributed by atoms with Crippen molar-refractivity contribution in [3.63, 3.8) is 0 Å². The van der Waals surface area contributed by atoms with E-state index < -0.39 is 0 Å². The Morgan fingerprint density at radius 1 is 0.857 bits per heavy atom. The third-order valence-electron chi connectivity index (χ3n) is 2.43. The Kier molecular flexibility index (Phi) is 5.15. The summed E-state index contributed by atoms with van der Waals surface area (Å²) in [6, 6.07) is 0. The highest BCUT2D eigenvalue weighted by molar-refractivity contribution is 4.86. The first-order valence-electron chi connectivity index (χ1n) is 4.97. The summed E-state index contributed by atoms with van der Waals surface area (Å²) in [5, 5.41) is 0. The van der Waals surface area contributed by atoms with Crippen LogP contribution in [0.4, 0.5) is 0 Å². The first-order chi connectivity index (χ1) is 6.86. The first-order valence-corrected chi connectivity index (χ1v) is 4.97. The van der Waals surface area contributed by atoms with Crippen molar-refractivity contribution < 1.29 is 9.47 Å². The molecule has 0 spiro atoms. The Hall–Kier alpha value is -0.960. The van der Waals surface area contributed by atoms with E-state index in [-0.39, 0.29) is 0 Å². The molecule has 1 saturated carbocycles. The van der Waals surface area contributed by atoms with E-state index in [0.29, 0.717) is 25.4 Å². The van der Waals surface area contributed by atoms with E-state index in [1.165, 1.54) is 0 Å². The van der Waals surface area contributed by atoms with Gasteiger partial charge in [0, 0.05) is 0 Å². The molecule has 1 rings (SSSR count). The molecule has 0 radical (unpaired) electrons. The summed E-state index contributed by atoms with van der Waals surface area (Å²) < 4.78 is 10.9. The van der Waals surface area contributed by atoms with Crippen molar-refractivity contribution in [3.8, 4) is 24.7 Å². The van der Waals surface area contributed by atoms with Crippen LogP contribution >= 0.6 is 0 Å². The molecule has 0 aliphatic heterocycles. The molecule has 2 heteroatoms. The van der Waals surface area contributed by atoms with Gasteiger partial charge in [0.25, 0.3) is 0 Å². The molecule has 14 heavy (non-hydrogen) atoms. The minimum Gasteiger partial charge on any atom is -0.366 e. The zero-order chi connectivity index (χ0) is 10.2. The van der Waals surface area contributed by atoms with Crippen LogP contribution in [-0.4, -0.2) is 25.4 Å². The normalized spacial score (nSPS) is 26.4. The molecule has 0 aromatic heterocycles. The van der Waals surface area contributed by atoms with Crippen LogP contribution in [0.15, 0.2) is 0 Å². The van der Waals surface area contributed by atoms with E-state index in [9.17, 15) is 0 Å². The van der Waals surface area contributed by atoms with Crippen LogP contribution in [0.1, 0.15) is 25.7 Å². The molecule has 2 nitrogen and oxygen atoms in total. The van der Waals surface area contributed by atoms with Crippen molar-refractivity contribution in [2.24, 2.45) is 0 Å². The van der Waals surface area contributed by atoms with E-state index in [1.54, 1.807) is 0 Å². The molecule has 0 aromatic rings. The first kappa shape index (κ1) is 11.1. The van der Waals surface area contributed by atoms with E-state index >= 15 is 0 Å². The van der Waals surface area contributed by atoms with Crippen LogP contribution < -0.4 is 0 Å². The topological polar surface area (TPSA) is 18.5 Å². The number of hydrogen-bond donors (Lipinski definition) is 0. The molecule has 0 amide bonds. The molecule has 1 fully saturated rings. The van der Waals surface area contributed by atoms with Gasteiger partial charge in [-0.25, -0.2) is 0 Å². The maximum Gasteiger partial charge on any atom is 0.107 e.